The Bertz CT molecular complexity index is 393. The number of piperidine rings is 1. The van der Waals surface area contributed by atoms with Gasteiger partial charge in [0.1, 0.15) is 0 Å². The van der Waals surface area contributed by atoms with E-state index in [-0.39, 0.29) is 5.54 Å². The van der Waals surface area contributed by atoms with Crippen LogP contribution in [-0.2, 0) is 10.2 Å². The van der Waals surface area contributed by atoms with Gasteiger partial charge in [-0.2, -0.15) is 12.7 Å². The van der Waals surface area contributed by atoms with E-state index in [0.717, 1.165) is 19.4 Å². The van der Waals surface area contributed by atoms with Crippen LogP contribution in [0.1, 0.15) is 26.7 Å². The van der Waals surface area contributed by atoms with E-state index in [9.17, 15) is 8.42 Å². The summed E-state index contributed by atoms with van der Waals surface area (Å²) in [5, 5.41) is 3.13. The monoisotopic (exact) mass is 306 g/mol. The molecule has 1 aliphatic rings. The van der Waals surface area contributed by atoms with Crippen LogP contribution in [0.4, 0.5) is 0 Å². The Morgan fingerprint density at radius 3 is 2.55 bits per heavy atom. The third-order valence-corrected chi connectivity index (χ3v) is 5.73. The molecule has 0 spiro atoms. The predicted octanol–water partition coefficient (Wildman–Crippen LogP) is 0.0924. The molecule has 1 rings (SSSR count). The first-order valence-electron chi connectivity index (χ1n) is 7.26. The minimum absolute atomic E-state index is 0.201. The molecule has 120 valence electrons. The second kappa shape index (κ2) is 7.17. The summed E-state index contributed by atoms with van der Waals surface area (Å²) in [4.78, 5) is 2.02. The maximum Gasteiger partial charge on any atom is 0.279 e. The van der Waals surface area contributed by atoms with Crippen LogP contribution in [0.5, 0.6) is 0 Å². The average Bonchev–Trinajstić information content (AvgIpc) is 2.37. The van der Waals surface area contributed by atoms with Gasteiger partial charge in [0, 0.05) is 25.2 Å². The van der Waals surface area contributed by atoms with Crippen molar-refractivity contribution in [1.82, 2.24) is 19.2 Å². The van der Waals surface area contributed by atoms with Crippen molar-refractivity contribution in [2.75, 3.05) is 47.3 Å². The van der Waals surface area contributed by atoms with Gasteiger partial charge in [-0.3, -0.25) is 0 Å². The molecule has 1 saturated heterocycles. The summed E-state index contributed by atoms with van der Waals surface area (Å²) in [6.07, 6.45) is 2.03. The van der Waals surface area contributed by atoms with E-state index in [0.29, 0.717) is 25.6 Å². The van der Waals surface area contributed by atoms with Gasteiger partial charge in [0.2, 0.25) is 0 Å². The molecular formula is C13H30N4O2S. The topological polar surface area (TPSA) is 64.7 Å². The summed E-state index contributed by atoms with van der Waals surface area (Å²) in [7, 11) is 2.45. The number of nitrogens with one attached hydrogen (secondary N) is 2. The fraction of sp³-hybridized carbons (Fsp3) is 1.00. The van der Waals surface area contributed by atoms with Crippen LogP contribution < -0.4 is 10.0 Å². The van der Waals surface area contributed by atoms with Crippen molar-refractivity contribution in [3.05, 3.63) is 0 Å². The van der Waals surface area contributed by atoms with E-state index < -0.39 is 10.2 Å². The van der Waals surface area contributed by atoms with Crippen molar-refractivity contribution < 1.29 is 8.42 Å². The second-order valence-electron chi connectivity index (χ2n) is 6.46. The van der Waals surface area contributed by atoms with Crippen LogP contribution in [-0.4, -0.2) is 70.5 Å². The van der Waals surface area contributed by atoms with Crippen molar-refractivity contribution in [2.45, 2.75) is 32.2 Å². The highest BCUT2D eigenvalue weighted by Crippen LogP contribution is 2.18. The number of rotatable bonds is 7. The zero-order valence-electron chi connectivity index (χ0n) is 13.4. The first-order chi connectivity index (χ1) is 9.19. The summed E-state index contributed by atoms with van der Waals surface area (Å²) in [5.74, 6) is 0.409. The maximum absolute atomic E-state index is 12.4. The maximum atomic E-state index is 12.4. The minimum atomic E-state index is -3.37. The molecule has 7 heteroatoms. The van der Waals surface area contributed by atoms with Gasteiger partial charge in [0.15, 0.2) is 0 Å². The third kappa shape index (κ3) is 4.96. The first kappa shape index (κ1) is 17.8. The van der Waals surface area contributed by atoms with Gasteiger partial charge in [-0.15, -0.1) is 0 Å². The lowest BCUT2D eigenvalue weighted by Gasteiger charge is -2.35. The molecule has 0 aromatic rings. The molecule has 1 fully saturated rings. The lowest BCUT2D eigenvalue weighted by Crippen LogP contribution is -2.53. The molecule has 1 unspecified atom stereocenters. The number of nitrogens with zero attached hydrogens (tertiary/aromatic N) is 2. The Morgan fingerprint density at radius 1 is 1.35 bits per heavy atom. The van der Waals surface area contributed by atoms with Gasteiger partial charge >= 0.3 is 0 Å². The number of hydrogen-bond acceptors (Lipinski definition) is 4. The van der Waals surface area contributed by atoms with Crippen LogP contribution >= 0.6 is 0 Å². The molecular weight excluding hydrogens is 276 g/mol. The molecule has 0 bridgehead atoms. The highest BCUT2D eigenvalue weighted by atomic mass is 32.2. The number of hydrogen-bond donors (Lipinski definition) is 2. The average molecular weight is 306 g/mol. The van der Waals surface area contributed by atoms with Crippen LogP contribution in [0, 0.1) is 5.92 Å². The third-order valence-electron chi connectivity index (χ3n) is 4.21. The van der Waals surface area contributed by atoms with Crippen molar-refractivity contribution >= 4 is 10.2 Å². The predicted molar refractivity (Wildman–Crippen MR) is 82.9 cm³/mol. The Kier molecular flexibility index (Phi) is 6.40. The number of likely N-dealkylation sites (N-methyl/N-ethyl adjacent to an activating group) is 1. The molecule has 1 atom stereocenters. The lowest BCUT2D eigenvalue weighted by atomic mass is 10.00. The molecule has 1 aliphatic heterocycles. The van der Waals surface area contributed by atoms with Crippen LogP contribution in [0.3, 0.4) is 0 Å². The molecule has 0 aromatic heterocycles. The first-order valence-corrected chi connectivity index (χ1v) is 8.70. The van der Waals surface area contributed by atoms with Gasteiger partial charge < -0.3 is 10.2 Å². The summed E-state index contributed by atoms with van der Waals surface area (Å²) in [6, 6.07) is 0. The van der Waals surface area contributed by atoms with Crippen molar-refractivity contribution in [1.29, 1.82) is 0 Å². The summed E-state index contributed by atoms with van der Waals surface area (Å²) in [5.41, 5.74) is -0.201. The molecule has 6 nitrogen and oxygen atoms in total. The van der Waals surface area contributed by atoms with Gasteiger partial charge in [-0.05, 0) is 60.3 Å². The summed E-state index contributed by atoms with van der Waals surface area (Å²) in [6.45, 7) is 6.56. The highest BCUT2D eigenvalue weighted by Gasteiger charge is 2.30. The van der Waals surface area contributed by atoms with E-state index in [1.54, 1.807) is 4.31 Å². The van der Waals surface area contributed by atoms with E-state index in [1.165, 1.54) is 0 Å². The molecule has 0 saturated carbocycles. The molecule has 0 aromatic carbocycles. The molecule has 0 amide bonds. The molecule has 2 N–H and O–H groups in total. The van der Waals surface area contributed by atoms with Gasteiger partial charge in [0.05, 0.1) is 0 Å². The van der Waals surface area contributed by atoms with Gasteiger partial charge in [-0.1, -0.05) is 0 Å². The van der Waals surface area contributed by atoms with Gasteiger partial charge in [-0.25, -0.2) is 4.72 Å². The molecule has 0 aliphatic carbocycles. The Balaban J connectivity index is 2.60. The molecule has 20 heavy (non-hydrogen) atoms. The van der Waals surface area contributed by atoms with Crippen molar-refractivity contribution in [3.8, 4) is 0 Å². The summed E-state index contributed by atoms with van der Waals surface area (Å²) < 4.78 is 29.1. The van der Waals surface area contributed by atoms with Gasteiger partial charge in [0.25, 0.3) is 10.2 Å². The van der Waals surface area contributed by atoms with Crippen LogP contribution in [0.2, 0.25) is 0 Å². The zero-order valence-corrected chi connectivity index (χ0v) is 14.3. The Morgan fingerprint density at radius 2 is 2.00 bits per heavy atom. The van der Waals surface area contributed by atoms with E-state index in [2.05, 4.69) is 10.0 Å². The van der Waals surface area contributed by atoms with Crippen molar-refractivity contribution in [3.63, 3.8) is 0 Å². The van der Waals surface area contributed by atoms with Crippen molar-refractivity contribution in [2.24, 2.45) is 5.92 Å². The normalized spacial score (nSPS) is 22.4. The van der Waals surface area contributed by atoms with Crippen LogP contribution in [0.25, 0.3) is 0 Å². The van der Waals surface area contributed by atoms with E-state index in [1.807, 2.05) is 39.9 Å². The zero-order chi connectivity index (χ0) is 15.4. The SMILES string of the molecule is CNCC1CCCN(S(=O)(=O)NCC(C)(C)N(C)C)C1. The highest BCUT2D eigenvalue weighted by molar-refractivity contribution is 7.87. The lowest BCUT2D eigenvalue weighted by molar-refractivity contribution is 0.196. The smallest absolute Gasteiger partial charge is 0.279 e. The van der Waals surface area contributed by atoms with E-state index >= 15 is 0 Å². The largest absolute Gasteiger partial charge is 0.319 e. The quantitative estimate of drug-likeness (QED) is 0.700. The van der Waals surface area contributed by atoms with Crippen LogP contribution in [0.15, 0.2) is 0 Å². The Labute approximate surface area is 124 Å². The van der Waals surface area contributed by atoms with E-state index in [4.69, 9.17) is 0 Å². The fourth-order valence-corrected chi connectivity index (χ4v) is 3.71. The second-order valence-corrected chi connectivity index (χ2v) is 8.21. The Hall–Kier alpha value is -0.210. The molecule has 1 heterocycles. The fourth-order valence-electron chi connectivity index (χ4n) is 2.22. The summed E-state index contributed by atoms with van der Waals surface area (Å²) >= 11 is 0. The minimum Gasteiger partial charge on any atom is -0.319 e. The standard InChI is InChI=1S/C13H30N4O2S/c1-13(2,16(4)5)11-15-20(18,19)17-8-6-7-12(10-17)9-14-3/h12,14-15H,6-11H2,1-5H3. The molecule has 0 radical (unpaired) electrons.